The van der Waals surface area contributed by atoms with Gasteiger partial charge in [-0.15, -0.1) is 0 Å². The summed E-state index contributed by atoms with van der Waals surface area (Å²) >= 11 is 4.09. The maximum atomic E-state index is 12.2. The number of thioether (sulfide) groups is 2. The monoisotopic (exact) mass is 2060 g/mol. The Labute approximate surface area is 822 Å². The van der Waals surface area contributed by atoms with Crippen molar-refractivity contribution in [3.63, 3.8) is 0 Å². The fourth-order valence-electron chi connectivity index (χ4n) is 13.2. The minimum atomic E-state index is -3.73. The number of likely N-dealkylation sites (N-methyl/N-ethyl adjacent to an activating group) is 1. The Hall–Kier alpha value is -9.69. The van der Waals surface area contributed by atoms with Crippen LogP contribution in [0.2, 0.25) is 0 Å². The van der Waals surface area contributed by atoms with Crippen molar-refractivity contribution in [3.8, 4) is 17.1 Å². The fraction of sp³-hybridized carbons (Fsp3) is 0.202. The highest BCUT2D eigenvalue weighted by Gasteiger charge is 2.25. The number of pyridine rings is 3. The van der Waals surface area contributed by atoms with Crippen molar-refractivity contribution < 1.29 is 123 Å². The summed E-state index contributed by atoms with van der Waals surface area (Å²) in [6, 6.07) is 90.5. The molecule has 12 aromatic rings. The zero-order valence-electron chi connectivity index (χ0n) is 74.6. The van der Waals surface area contributed by atoms with Gasteiger partial charge in [0.2, 0.25) is 0 Å². The van der Waals surface area contributed by atoms with Crippen LogP contribution in [-0.4, -0.2) is 105 Å². The van der Waals surface area contributed by atoms with Crippen LogP contribution in [0, 0.1) is 0 Å². The maximum Gasteiger partial charge on any atom is 0.277 e. The summed E-state index contributed by atoms with van der Waals surface area (Å²) in [6.45, 7) is 36.5. The molecular weight excluding hydrogens is 1940 g/mol. The Balaban J connectivity index is 0.000000302. The number of hydrogen-bond donors (Lipinski definition) is 0. The first-order valence-corrected chi connectivity index (χ1v) is 47.5. The fourth-order valence-corrected chi connectivity index (χ4v) is 17.0. The van der Waals surface area contributed by atoms with Crippen LogP contribution in [0.15, 0.2) is 344 Å². The van der Waals surface area contributed by atoms with E-state index in [0.717, 1.165) is 91.4 Å². The highest BCUT2D eigenvalue weighted by molar-refractivity contribution is 7.98. The van der Waals surface area contributed by atoms with Gasteiger partial charge in [-0.1, -0.05) is 320 Å². The number of rotatable bonds is 44. The summed E-state index contributed by atoms with van der Waals surface area (Å²) in [6.07, 6.45) is 29.9. The quantitative estimate of drug-likeness (QED) is 0.0121. The smallest absolute Gasteiger partial charge is 0.277 e. The van der Waals surface area contributed by atoms with Crippen LogP contribution in [-0.2, 0) is 77.9 Å². The third-order valence-electron chi connectivity index (χ3n) is 20.9. The van der Waals surface area contributed by atoms with Crippen LogP contribution in [0.1, 0.15) is 113 Å². The molecule has 3 heterocycles. The first kappa shape index (κ1) is 110. The lowest BCUT2D eigenvalue weighted by molar-refractivity contribution is -0.890. The molecular formula is C109H122Br2ClIN5O7S4+. The molecule has 0 saturated carbocycles. The van der Waals surface area contributed by atoms with E-state index in [0.29, 0.717) is 35.3 Å². The molecule has 0 amide bonds. The van der Waals surface area contributed by atoms with Gasteiger partial charge in [0.1, 0.15) is 50.2 Å². The van der Waals surface area contributed by atoms with E-state index >= 15 is 0 Å². The van der Waals surface area contributed by atoms with Crippen LogP contribution in [0.3, 0.4) is 0 Å². The molecule has 676 valence electrons. The summed E-state index contributed by atoms with van der Waals surface area (Å²) < 4.78 is 73.4. The van der Waals surface area contributed by atoms with Crippen LogP contribution in [0.4, 0.5) is 0 Å². The van der Waals surface area contributed by atoms with Gasteiger partial charge in [0.15, 0.2) is 44.4 Å². The highest BCUT2D eigenvalue weighted by atomic mass is 127. The number of hydrogen-bond acceptors (Lipinski definition) is 9. The number of aromatic nitrogens is 3. The van der Waals surface area contributed by atoms with Gasteiger partial charge in [0.25, 0.3) is 31.6 Å². The molecule has 20 heteroatoms. The van der Waals surface area contributed by atoms with E-state index in [1.807, 2.05) is 98.3 Å². The van der Waals surface area contributed by atoms with E-state index in [1.165, 1.54) is 87.8 Å². The molecule has 0 atom stereocenters. The molecule has 12 rings (SSSR count). The molecule has 0 fully saturated rings. The van der Waals surface area contributed by atoms with Gasteiger partial charge >= 0.3 is 0 Å². The average Bonchev–Trinajstić information content (AvgIpc) is 0.805. The van der Waals surface area contributed by atoms with Crippen LogP contribution in [0.5, 0.6) is 5.75 Å². The predicted molar refractivity (Wildman–Crippen MR) is 531 cm³/mol. The first-order valence-electron chi connectivity index (χ1n) is 42.1. The second-order valence-electron chi connectivity index (χ2n) is 31.6. The minimum Gasteiger partial charge on any atom is -1.00 e. The molecule has 0 N–H and O–H groups in total. The summed E-state index contributed by atoms with van der Waals surface area (Å²) in [5.74, 6) is 5.12. The third kappa shape index (κ3) is 40.7. The summed E-state index contributed by atoms with van der Waals surface area (Å²) in [4.78, 5) is 0. The molecule has 0 aliphatic rings. The molecule has 129 heavy (non-hydrogen) atoms. The topological polar surface area (TPSA) is 108 Å². The van der Waals surface area contributed by atoms with Crippen molar-refractivity contribution >= 4 is 105 Å². The molecule has 9 aromatic carbocycles. The largest absolute Gasteiger partial charge is 1.00 e. The summed E-state index contributed by atoms with van der Waals surface area (Å²) in [5.41, 5.74) is 22.4. The van der Waals surface area contributed by atoms with E-state index < -0.39 is 20.2 Å². The lowest BCUT2D eigenvalue weighted by Crippen LogP contribution is -3.00. The molecule has 0 bridgehead atoms. The van der Waals surface area contributed by atoms with Gasteiger partial charge in [-0.25, -0.2) is 4.57 Å². The standard InChI is InChI=1S/C31H28NO.C28H26N2.C26H36NS2.C24H32NO6S2.2BrH.ClH.HI/c1-3-25-5-11-29(12-6-25)23-32-21-19-28(20-22-32)10-9-27-15-17-31(18-16-27)33-24-30-13-7-26(4-2)8-14-30;1-3-23-11-15-25(16-12-23)21-29-19-7-5-9-27(29)28-10-6-8-20-30(28)22-26-17-13-24(4-2)14-18-26;1-5-23-9-13-25(14-10-23)21-28-19-7-17-27(3,4)18-8-20-29-22-26-15-11-24(6-2)12-16-26;1-5-21-7-11-23(12-8-21)19-32(26,27)30-17-15-25(3,4)16-18-31-33(28,29)20-24-13-9-22(6-2)10-14-24;;;;/h3-22H,1-2,23-24H2;3-20H,1-2,21-22H2;5-6,9-16H,1-2,7-8,17-22H2,3-4H3;5-14H,1-2,15-20H2,3-4H3;4*1H/q+1;+2;2*+1;;;;/p-4/b10-9+;;;;;;;. The van der Waals surface area contributed by atoms with Crippen molar-refractivity contribution in [1.82, 2.24) is 0 Å². The Morgan fingerprint density at radius 1 is 0.326 bits per heavy atom. The van der Waals surface area contributed by atoms with E-state index in [9.17, 15) is 16.8 Å². The number of halogens is 4. The SMILES string of the molecule is C=Cc1ccc(COc2ccc(/C=C/c3cc[n+](Cc4ccc(C=C)cc4)cc3)cc2)cc1.C=Cc1ccc(CS(=O)(=O)OCC[N+](C)(C)CCOS(=O)(=O)Cc2ccc(C=C)cc2)cc1.C=Cc1ccc(CSCCC[N+](C)(C)CCCSCc2ccc(C=C)cc2)cc1.C=Cc1ccc(C[n+]2ccccc2-c2cccc[n+]2Cc2ccc(C=C)cc2)cc1.[Br-].[Br-].[Cl-].[I-]. The Morgan fingerprint density at radius 2 is 0.605 bits per heavy atom. The number of nitrogens with zero attached hydrogens (tertiary/aromatic N) is 5. The second-order valence-corrected chi connectivity index (χ2v) is 37.1. The molecule has 0 spiro atoms. The Kier molecular flexibility index (Phi) is 49.5. The summed E-state index contributed by atoms with van der Waals surface area (Å²) in [5, 5.41) is 0. The highest BCUT2D eigenvalue weighted by Crippen LogP contribution is 2.23. The minimum absolute atomic E-state index is 0. The maximum absolute atomic E-state index is 12.2. The molecule has 12 nitrogen and oxygen atoms in total. The van der Waals surface area contributed by atoms with Crippen molar-refractivity contribution in [3.05, 3.63) is 444 Å². The van der Waals surface area contributed by atoms with Gasteiger partial charge in [-0.2, -0.15) is 49.5 Å². The van der Waals surface area contributed by atoms with E-state index in [2.05, 4.69) is 311 Å². The molecule has 0 unspecified atom stereocenters. The second kappa shape index (κ2) is 58.2. The molecule has 0 aliphatic carbocycles. The van der Waals surface area contributed by atoms with Crippen LogP contribution < -0.4 is 88.8 Å². The van der Waals surface area contributed by atoms with Gasteiger partial charge in [-0.05, 0) is 119 Å². The van der Waals surface area contributed by atoms with Gasteiger partial charge in [0.05, 0.1) is 41.3 Å². The first-order chi connectivity index (χ1) is 60.4. The number of quaternary nitrogens is 2. The average molecular weight is 2060 g/mol. The molecule has 3 aromatic heterocycles. The third-order valence-corrected chi connectivity index (χ3v) is 25.5. The zero-order valence-corrected chi connectivity index (χ0v) is 84.0. The molecule has 0 radical (unpaired) electrons. The van der Waals surface area contributed by atoms with Gasteiger partial charge in [0, 0.05) is 77.4 Å². The molecule has 0 saturated heterocycles. The van der Waals surface area contributed by atoms with Crippen molar-refractivity contribution in [2.75, 3.05) is 79.1 Å². The Morgan fingerprint density at radius 3 is 0.930 bits per heavy atom. The van der Waals surface area contributed by atoms with Gasteiger partial charge < -0.3 is 84.0 Å². The summed E-state index contributed by atoms with van der Waals surface area (Å²) in [7, 11) is 0.997. The Bertz CT molecular complexity index is 5440. The lowest BCUT2D eigenvalue weighted by atomic mass is 10.1. The van der Waals surface area contributed by atoms with Crippen molar-refractivity contribution in [1.29, 1.82) is 0 Å². The zero-order chi connectivity index (χ0) is 89.1. The number of benzene rings is 9. The van der Waals surface area contributed by atoms with E-state index in [4.69, 9.17) is 13.1 Å². The number of ether oxygens (including phenoxy) is 1. The van der Waals surface area contributed by atoms with Crippen LogP contribution >= 0.6 is 23.5 Å². The van der Waals surface area contributed by atoms with E-state index in [-0.39, 0.29) is 95.1 Å². The van der Waals surface area contributed by atoms with Crippen molar-refractivity contribution in [2.45, 2.75) is 62.1 Å². The normalized spacial score (nSPS) is 10.9. The lowest BCUT2D eigenvalue weighted by Gasteiger charge is -2.29. The predicted octanol–water partition coefficient (Wildman–Crippen LogP) is 10.8. The molecule has 0 aliphatic heterocycles. The van der Waals surface area contributed by atoms with E-state index in [1.54, 1.807) is 60.7 Å². The van der Waals surface area contributed by atoms with Gasteiger partial charge in [-0.3, -0.25) is 8.37 Å². The van der Waals surface area contributed by atoms with Crippen molar-refractivity contribution in [2.24, 2.45) is 0 Å². The van der Waals surface area contributed by atoms with Crippen LogP contribution in [0.25, 0.3) is 72.1 Å².